The molecule has 3 heteroatoms. The van der Waals surface area contributed by atoms with E-state index in [1.54, 1.807) is 0 Å². The van der Waals surface area contributed by atoms with Gasteiger partial charge in [-0.1, -0.05) is 38.1 Å². The lowest BCUT2D eigenvalue weighted by atomic mass is 10.1. The van der Waals surface area contributed by atoms with Crippen LogP contribution in [0.15, 0.2) is 41.4 Å². The minimum Gasteiger partial charge on any atom is -0.272 e. The molecule has 0 fully saturated rings. The molecule has 0 spiro atoms. The van der Waals surface area contributed by atoms with Crippen LogP contribution in [0.3, 0.4) is 0 Å². The van der Waals surface area contributed by atoms with Crippen LogP contribution in [0.5, 0.6) is 0 Å². The van der Waals surface area contributed by atoms with Crippen LogP contribution in [0.2, 0.25) is 0 Å². The monoisotopic (exact) mass is 256 g/mol. The molecule has 18 heavy (non-hydrogen) atoms. The van der Waals surface area contributed by atoms with Crippen molar-refractivity contribution in [1.82, 2.24) is 4.98 Å². The summed E-state index contributed by atoms with van der Waals surface area (Å²) in [6, 6.07) is 12.9. The van der Waals surface area contributed by atoms with Gasteiger partial charge in [0.15, 0.2) is 0 Å². The minimum atomic E-state index is 0.443. The van der Waals surface area contributed by atoms with E-state index in [1.165, 1.54) is 5.39 Å². The third kappa shape index (κ3) is 2.15. The van der Waals surface area contributed by atoms with Gasteiger partial charge in [-0.05, 0) is 18.1 Å². The van der Waals surface area contributed by atoms with E-state index < -0.39 is 0 Å². The molecule has 0 saturated carbocycles. The maximum atomic E-state index is 4.78. The van der Waals surface area contributed by atoms with Crippen LogP contribution in [0.25, 0.3) is 10.9 Å². The van der Waals surface area contributed by atoms with E-state index in [2.05, 4.69) is 38.1 Å². The van der Waals surface area contributed by atoms with Gasteiger partial charge in [0.2, 0.25) is 0 Å². The topological polar surface area (TPSA) is 25.2 Å². The average molecular weight is 256 g/mol. The molecule has 0 saturated heterocycles. The molecule has 1 aromatic carbocycles. The highest BCUT2D eigenvalue weighted by molar-refractivity contribution is 8.14. The molecule has 1 aliphatic heterocycles. The summed E-state index contributed by atoms with van der Waals surface area (Å²) < 4.78 is 0. The number of thioether (sulfide) groups is 1. The second kappa shape index (κ2) is 4.73. The Morgan fingerprint density at radius 3 is 2.78 bits per heavy atom. The summed E-state index contributed by atoms with van der Waals surface area (Å²) >= 11 is 1.83. The predicted molar refractivity (Wildman–Crippen MR) is 79.4 cm³/mol. The van der Waals surface area contributed by atoms with E-state index in [0.29, 0.717) is 12.0 Å². The van der Waals surface area contributed by atoms with Crippen LogP contribution in [0, 0.1) is 5.92 Å². The average Bonchev–Trinajstić information content (AvgIpc) is 2.88. The molecular formula is C15H16N2S. The van der Waals surface area contributed by atoms with Crippen molar-refractivity contribution < 1.29 is 0 Å². The standard InChI is InChI=1S/C15H16N2S/c1-10(2)14-9-18-15(17-14)13-8-7-11-5-3-4-6-12(11)16-13/h3-8,10,14H,9H2,1-2H3/t14-/m0/s1. The lowest BCUT2D eigenvalue weighted by molar-refractivity contribution is 0.543. The normalized spacial score (nSPS) is 19.5. The third-order valence-electron chi connectivity index (χ3n) is 3.26. The zero-order valence-corrected chi connectivity index (χ0v) is 11.4. The molecule has 1 aromatic heterocycles. The van der Waals surface area contributed by atoms with Crippen LogP contribution in [-0.2, 0) is 0 Å². The molecule has 0 N–H and O–H groups in total. The Bertz CT molecular complexity index is 604. The van der Waals surface area contributed by atoms with E-state index in [4.69, 9.17) is 9.98 Å². The Labute approximate surface area is 112 Å². The summed E-state index contributed by atoms with van der Waals surface area (Å²) in [5, 5.41) is 2.28. The highest BCUT2D eigenvalue weighted by Crippen LogP contribution is 2.27. The molecular weight excluding hydrogens is 240 g/mol. The fourth-order valence-corrected chi connectivity index (χ4v) is 3.32. The van der Waals surface area contributed by atoms with Crippen molar-refractivity contribution in [3.05, 3.63) is 42.1 Å². The first-order chi connectivity index (χ1) is 8.74. The van der Waals surface area contributed by atoms with E-state index in [-0.39, 0.29) is 0 Å². The van der Waals surface area contributed by atoms with Gasteiger partial charge >= 0.3 is 0 Å². The highest BCUT2D eigenvalue weighted by atomic mass is 32.2. The highest BCUT2D eigenvalue weighted by Gasteiger charge is 2.22. The summed E-state index contributed by atoms with van der Waals surface area (Å²) in [4.78, 5) is 9.48. The first kappa shape index (κ1) is 11.7. The van der Waals surface area contributed by atoms with Crippen molar-refractivity contribution in [3.63, 3.8) is 0 Å². The van der Waals surface area contributed by atoms with Crippen LogP contribution in [0.4, 0.5) is 0 Å². The minimum absolute atomic E-state index is 0.443. The number of hydrogen-bond acceptors (Lipinski definition) is 3. The molecule has 0 unspecified atom stereocenters. The predicted octanol–water partition coefficient (Wildman–Crippen LogP) is 3.75. The molecule has 0 aliphatic carbocycles. The largest absolute Gasteiger partial charge is 0.272 e. The summed E-state index contributed by atoms with van der Waals surface area (Å²) in [6.07, 6.45) is 0. The van der Waals surface area contributed by atoms with Gasteiger partial charge in [-0.3, -0.25) is 4.99 Å². The van der Waals surface area contributed by atoms with Gasteiger partial charge in [-0.15, -0.1) is 11.8 Å². The van der Waals surface area contributed by atoms with Crippen molar-refractivity contribution in [2.75, 3.05) is 5.75 Å². The first-order valence-electron chi connectivity index (χ1n) is 6.31. The fraction of sp³-hybridized carbons (Fsp3) is 0.333. The van der Waals surface area contributed by atoms with Gasteiger partial charge in [-0.25, -0.2) is 4.98 Å². The van der Waals surface area contributed by atoms with Crippen molar-refractivity contribution >= 4 is 27.7 Å². The second-order valence-corrected chi connectivity index (χ2v) is 5.95. The Morgan fingerprint density at radius 2 is 2.00 bits per heavy atom. The number of aliphatic imine (C=N–C) groups is 1. The molecule has 92 valence electrons. The van der Waals surface area contributed by atoms with Crippen molar-refractivity contribution in [3.8, 4) is 0 Å². The van der Waals surface area contributed by atoms with Gasteiger partial charge < -0.3 is 0 Å². The molecule has 1 aliphatic rings. The Morgan fingerprint density at radius 1 is 1.17 bits per heavy atom. The van der Waals surface area contributed by atoms with E-state index >= 15 is 0 Å². The Balaban J connectivity index is 1.98. The molecule has 0 amide bonds. The number of nitrogens with zero attached hydrogens (tertiary/aromatic N) is 2. The van der Waals surface area contributed by atoms with E-state index in [0.717, 1.165) is 22.0 Å². The summed E-state index contributed by atoms with van der Waals surface area (Å²) in [5.74, 6) is 1.69. The second-order valence-electron chi connectivity index (χ2n) is 4.95. The Kier molecular flexibility index (Phi) is 3.08. The number of para-hydroxylation sites is 1. The zero-order chi connectivity index (χ0) is 12.5. The zero-order valence-electron chi connectivity index (χ0n) is 10.6. The van der Waals surface area contributed by atoms with Crippen LogP contribution < -0.4 is 0 Å². The SMILES string of the molecule is CC(C)[C@@H]1CSC(c2ccc3ccccc3n2)=N1. The number of fused-ring (bicyclic) bond motifs is 1. The van der Waals surface area contributed by atoms with Gasteiger partial charge in [0.25, 0.3) is 0 Å². The molecule has 0 bridgehead atoms. The van der Waals surface area contributed by atoms with E-state index in [1.807, 2.05) is 23.9 Å². The maximum absolute atomic E-state index is 4.78. The summed E-state index contributed by atoms with van der Waals surface area (Å²) in [5.41, 5.74) is 2.06. The lowest BCUT2D eigenvalue weighted by Crippen LogP contribution is -2.11. The maximum Gasteiger partial charge on any atom is 0.117 e. The lowest BCUT2D eigenvalue weighted by Gasteiger charge is -2.08. The number of rotatable bonds is 2. The molecule has 1 atom stereocenters. The smallest absolute Gasteiger partial charge is 0.117 e. The van der Waals surface area contributed by atoms with Gasteiger partial charge in [-0.2, -0.15) is 0 Å². The molecule has 2 heterocycles. The number of pyridine rings is 1. The first-order valence-corrected chi connectivity index (χ1v) is 7.29. The molecule has 3 rings (SSSR count). The quantitative estimate of drug-likeness (QED) is 0.817. The molecule has 0 radical (unpaired) electrons. The van der Waals surface area contributed by atoms with Crippen molar-refractivity contribution in [1.29, 1.82) is 0 Å². The van der Waals surface area contributed by atoms with Crippen molar-refractivity contribution in [2.45, 2.75) is 19.9 Å². The van der Waals surface area contributed by atoms with Crippen LogP contribution in [-0.4, -0.2) is 21.8 Å². The number of benzene rings is 1. The summed E-state index contributed by atoms with van der Waals surface area (Å²) in [7, 11) is 0. The summed E-state index contributed by atoms with van der Waals surface area (Å²) in [6.45, 7) is 4.46. The van der Waals surface area contributed by atoms with Crippen LogP contribution >= 0.6 is 11.8 Å². The van der Waals surface area contributed by atoms with Gasteiger partial charge in [0, 0.05) is 11.1 Å². The molecule has 2 nitrogen and oxygen atoms in total. The van der Waals surface area contributed by atoms with Gasteiger partial charge in [0.05, 0.1) is 17.3 Å². The van der Waals surface area contributed by atoms with Crippen LogP contribution in [0.1, 0.15) is 19.5 Å². The van der Waals surface area contributed by atoms with E-state index in [9.17, 15) is 0 Å². The number of aromatic nitrogens is 1. The Hall–Kier alpha value is -1.35. The fourth-order valence-electron chi connectivity index (χ4n) is 2.06. The third-order valence-corrected chi connectivity index (χ3v) is 4.36. The molecule has 2 aromatic rings. The van der Waals surface area contributed by atoms with Gasteiger partial charge in [0.1, 0.15) is 5.04 Å². The van der Waals surface area contributed by atoms with Crippen molar-refractivity contribution in [2.24, 2.45) is 10.9 Å². The number of hydrogen-bond donors (Lipinski definition) is 0.